The summed E-state index contributed by atoms with van der Waals surface area (Å²) in [6.07, 6.45) is 2.16. The maximum atomic E-state index is 12.5. The number of hydrogen-bond acceptors (Lipinski definition) is 5. The third-order valence-electron chi connectivity index (χ3n) is 4.98. The van der Waals surface area contributed by atoms with Crippen LogP contribution in [-0.4, -0.2) is 42.5 Å². The quantitative estimate of drug-likeness (QED) is 0.911. The molecule has 1 amide bonds. The van der Waals surface area contributed by atoms with Gasteiger partial charge in [0, 0.05) is 26.3 Å². The van der Waals surface area contributed by atoms with E-state index in [1.54, 1.807) is 19.1 Å². The summed E-state index contributed by atoms with van der Waals surface area (Å²) in [5.74, 6) is 1.03. The van der Waals surface area contributed by atoms with Crippen molar-refractivity contribution in [1.82, 2.24) is 4.90 Å². The largest absolute Gasteiger partial charge is 0.512 e. The molecule has 1 heterocycles. The van der Waals surface area contributed by atoms with Gasteiger partial charge in [-0.25, -0.2) is 0 Å². The summed E-state index contributed by atoms with van der Waals surface area (Å²) in [5.41, 5.74) is 2.16. The van der Waals surface area contributed by atoms with Gasteiger partial charge < -0.3 is 19.5 Å². The Balaban J connectivity index is 2.20. The molecule has 6 heteroatoms. The smallest absolute Gasteiger partial charge is 0.220 e. The van der Waals surface area contributed by atoms with Gasteiger partial charge in [0.2, 0.25) is 5.91 Å². The molecule has 0 aromatic heterocycles. The van der Waals surface area contributed by atoms with Crippen LogP contribution in [0.4, 0.5) is 0 Å². The molecule has 25 heavy (non-hydrogen) atoms. The Morgan fingerprint density at radius 3 is 2.44 bits per heavy atom. The second-order valence-corrected chi connectivity index (χ2v) is 6.41. The first-order chi connectivity index (χ1) is 12.0. The highest BCUT2D eigenvalue weighted by Gasteiger charge is 2.38. The number of Topliss-reactive ketones (excluding diaryl/α,β-unsaturated/α-hetero) is 1. The lowest BCUT2D eigenvalue weighted by atomic mass is 9.82. The number of nitrogens with zero attached hydrogens (tertiary/aromatic N) is 1. The molecule has 1 aromatic rings. The minimum Gasteiger partial charge on any atom is -0.512 e. The topological polar surface area (TPSA) is 76.1 Å². The van der Waals surface area contributed by atoms with E-state index in [1.807, 2.05) is 12.1 Å². The van der Waals surface area contributed by atoms with Crippen LogP contribution in [0.3, 0.4) is 0 Å². The highest BCUT2D eigenvalue weighted by Crippen LogP contribution is 2.43. The van der Waals surface area contributed by atoms with E-state index in [0.717, 1.165) is 11.1 Å². The molecule has 6 nitrogen and oxygen atoms in total. The number of aliphatic hydroxyl groups is 1. The van der Waals surface area contributed by atoms with Gasteiger partial charge in [0.25, 0.3) is 0 Å². The van der Waals surface area contributed by atoms with E-state index < -0.39 is 6.04 Å². The molecule has 3 rings (SSSR count). The first-order valence-electron chi connectivity index (χ1n) is 8.45. The second kappa shape index (κ2) is 6.78. The molecule has 0 fully saturated rings. The summed E-state index contributed by atoms with van der Waals surface area (Å²) in [5, 5.41) is 10.4. The molecule has 134 valence electrons. The van der Waals surface area contributed by atoms with Crippen molar-refractivity contribution >= 4 is 11.7 Å². The summed E-state index contributed by atoms with van der Waals surface area (Å²) in [6, 6.07) is 3.13. The van der Waals surface area contributed by atoms with Crippen molar-refractivity contribution in [1.29, 1.82) is 0 Å². The zero-order valence-electron chi connectivity index (χ0n) is 14.8. The van der Waals surface area contributed by atoms with Crippen LogP contribution < -0.4 is 9.47 Å². The number of hydrogen-bond donors (Lipinski definition) is 1. The Morgan fingerprint density at radius 2 is 1.84 bits per heavy atom. The van der Waals surface area contributed by atoms with Crippen LogP contribution in [0, 0.1) is 0 Å². The zero-order chi connectivity index (χ0) is 18.1. The molecular formula is C19H23NO5. The minimum atomic E-state index is -0.575. The molecule has 0 bridgehead atoms. The van der Waals surface area contributed by atoms with Crippen LogP contribution in [0.5, 0.6) is 11.5 Å². The van der Waals surface area contributed by atoms with E-state index in [2.05, 4.69) is 0 Å². The minimum absolute atomic E-state index is 0.0927. The third kappa shape index (κ3) is 2.97. The highest BCUT2D eigenvalue weighted by atomic mass is 16.5. The van der Waals surface area contributed by atoms with Crippen molar-refractivity contribution in [2.75, 3.05) is 20.8 Å². The number of ketones is 1. The number of aliphatic hydroxyl groups excluding tert-OH is 1. The summed E-state index contributed by atoms with van der Waals surface area (Å²) >= 11 is 0. The number of rotatable bonds is 3. The fraction of sp³-hybridized carbons (Fsp3) is 0.474. The number of amides is 1. The molecule has 2 aliphatic rings. The van der Waals surface area contributed by atoms with E-state index in [-0.39, 0.29) is 17.4 Å². The van der Waals surface area contributed by atoms with E-state index in [4.69, 9.17) is 9.47 Å². The lowest BCUT2D eigenvalue weighted by Gasteiger charge is -2.39. The van der Waals surface area contributed by atoms with Gasteiger partial charge in [0.05, 0.1) is 25.8 Å². The first-order valence-corrected chi connectivity index (χ1v) is 8.45. The molecule has 0 saturated heterocycles. The highest BCUT2D eigenvalue weighted by molar-refractivity contribution is 5.98. The van der Waals surface area contributed by atoms with Gasteiger partial charge in [-0.3, -0.25) is 9.59 Å². The van der Waals surface area contributed by atoms with Gasteiger partial charge in [-0.1, -0.05) is 0 Å². The molecule has 0 spiro atoms. The number of benzene rings is 1. The molecule has 1 aliphatic heterocycles. The second-order valence-electron chi connectivity index (χ2n) is 6.41. The van der Waals surface area contributed by atoms with Gasteiger partial charge >= 0.3 is 0 Å². The Kier molecular flexibility index (Phi) is 4.70. The van der Waals surface area contributed by atoms with Crippen molar-refractivity contribution in [3.05, 3.63) is 34.6 Å². The van der Waals surface area contributed by atoms with Gasteiger partial charge in [-0.15, -0.1) is 0 Å². The van der Waals surface area contributed by atoms with Gasteiger partial charge in [-0.2, -0.15) is 0 Å². The summed E-state index contributed by atoms with van der Waals surface area (Å²) in [6.45, 7) is 1.98. The Bertz CT molecular complexity index is 752. The fourth-order valence-electron chi connectivity index (χ4n) is 3.75. The predicted octanol–water partition coefficient (Wildman–Crippen LogP) is 2.71. The van der Waals surface area contributed by atoms with Crippen molar-refractivity contribution in [3.63, 3.8) is 0 Å². The molecule has 1 atom stereocenters. The van der Waals surface area contributed by atoms with Crippen molar-refractivity contribution in [2.24, 2.45) is 0 Å². The monoisotopic (exact) mass is 345 g/mol. The van der Waals surface area contributed by atoms with Gasteiger partial charge in [0.15, 0.2) is 17.3 Å². The number of fused-ring (bicyclic) bond motifs is 1. The van der Waals surface area contributed by atoms with Crippen molar-refractivity contribution in [2.45, 2.75) is 38.6 Å². The molecule has 1 aliphatic carbocycles. The van der Waals surface area contributed by atoms with E-state index >= 15 is 0 Å². The van der Waals surface area contributed by atoms with Crippen LogP contribution in [-0.2, 0) is 16.0 Å². The van der Waals surface area contributed by atoms with Crippen LogP contribution in [0.2, 0.25) is 0 Å². The molecule has 1 unspecified atom stereocenters. The maximum Gasteiger partial charge on any atom is 0.220 e. The van der Waals surface area contributed by atoms with E-state index in [1.165, 1.54) is 6.92 Å². The fourth-order valence-corrected chi connectivity index (χ4v) is 3.75. The Labute approximate surface area is 147 Å². The molecule has 0 radical (unpaired) electrons. The summed E-state index contributed by atoms with van der Waals surface area (Å²) in [4.78, 5) is 26.4. The lowest BCUT2D eigenvalue weighted by molar-refractivity contribution is -0.131. The predicted molar refractivity (Wildman–Crippen MR) is 91.9 cm³/mol. The number of methoxy groups -OCH3 is 2. The van der Waals surface area contributed by atoms with Crippen molar-refractivity contribution < 1.29 is 24.2 Å². The SMILES string of the molecule is COc1cc2c(cc1OC)C(C1=C(O)CCCC1=O)N(C(C)=O)CC2. The Hall–Kier alpha value is -2.50. The number of carbonyl (C=O) groups is 2. The van der Waals surface area contributed by atoms with Crippen molar-refractivity contribution in [3.8, 4) is 11.5 Å². The van der Waals surface area contributed by atoms with Crippen LogP contribution in [0.1, 0.15) is 43.4 Å². The average molecular weight is 345 g/mol. The van der Waals surface area contributed by atoms with Crippen LogP contribution in [0.25, 0.3) is 0 Å². The molecule has 1 aromatic carbocycles. The normalized spacial score (nSPS) is 20.4. The Morgan fingerprint density at radius 1 is 1.16 bits per heavy atom. The zero-order valence-corrected chi connectivity index (χ0v) is 14.8. The molecule has 1 N–H and O–H groups in total. The number of ether oxygens (including phenoxy) is 2. The number of allylic oxidation sites excluding steroid dienone is 1. The summed E-state index contributed by atoms with van der Waals surface area (Å²) in [7, 11) is 3.12. The van der Waals surface area contributed by atoms with E-state index in [0.29, 0.717) is 49.3 Å². The standard InChI is InChI=1S/C19H23NO5/c1-11(21)20-8-7-12-9-16(24-2)17(25-3)10-13(12)19(20)18-14(22)5-4-6-15(18)23/h9-10,19,22H,4-8H2,1-3H3. The number of carbonyl (C=O) groups excluding carboxylic acids is 2. The van der Waals surface area contributed by atoms with Crippen LogP contribution in [0.15, 0.2) is 23.5 Å². The molecule has 0 saturated carbocycles. The molecular weight excluding hydrogens is 322 g/mol. The van der Waals surface area contributed by atoms with Gasteiger partial charge in [-0.05, 0) is 36.1 Å². The summed E-state index contributed by atoms with van der Waals surface area (Å²) < 4.78 is 10.8. The van der Waals surface area contributed by atoms with Crippen LogP contribution >= 0.6 is 0 Å². The van der Waals surface area contributed by atoms with E-state index in [9.17, 15) is 14.7 Å². The first kappa shape index (κ1) is 17.3. The maximum absolute atomic E-state index is 12.5. The average Bonchev–Trinajstić information content (AvgIpc) is 2.60. The third-order valence-corrected chi connectivity index (χ3v) is 4.98. The van der Waals surface area contributed by atoms with Gasteiger partial charge in [0.1, 0.15) is 5.76 Å². The lowest BCUT2D eigenvalue weighted by Crippen LogP contribution is -2.41.